The predicted molar refractivity (Wildman–Crippen MR) is 175 cm³/mol. The lowest BCUT2D eigenvalue weighted by Gasteiger charge is -2.52. The van der Waals surface area contributed by atoms with E-state index in [2.05, 4.69) is 16.7 Å². The summed E-state index contributed by atoms with van der Waals surface area (Å²) >= 11 is 6.46. The lowest BCUT2D eigenvalue weighted by Crippen LogP contribution is -2.74. The lowest BCUT2D eigenvalue weighted by molar-refractivity contribution is -0.160. The van der Waals surface area contributed by atoms with Gasteiger partial charge in [-0.1, -0.05) is 93.0 Å². The highest BCUT2D eigenvalue weighted by Gasteiger charge is 2.59. The number of amides is 3. The topological polar surface area (TPSA) is 102 Å². The monoisotopic (exact) mass is 631 g/mol. The number of aldehydes is 1. The van der Waals surface area contributed by atoms with Crippen molar-refractivity contribution in [3.8, 4) is 0 Å². The quantitative estimate of drug-likeness (QED) is 0.332. The Morgan fingerprint density at radius 2 is 1.73 bits per heavy atom. The molecular weight excluding hydrogens is 590 g/mol. The first-order valence-corrected chi connectivity index (χ1v) is 15.8. The molecule has 2 N–H and O–H groups in total. The zero-order valence-corrected chi connectivity index (χ0v) is 27.3. The predicted octanol–water partition coefficient (Wildman–Crippen LogP) is 3.62. The summed E-state index contributed by atoms with van der Waals surface area (Å²) in [5.74, 6) is -0.765. The van der Waals surface area contributed by atoms with Gasteiger partial charge in [0, 0.05) is 23.4 Å². The number of fused-ring (bicyclic) bond motifs is 2. The molecule has 9 nitrogen and oxygen atoms in total. The van der Waals surface area contributed by atoms with Gasteiger partial charge in [-0.15, -0.1) is 0 Å². The molecule has 0 bridgehead atoms. The van der Waals surface area contributed by atoms with Crippen LogP contribution >= 0.6 is 11.6 Å². The fraction of sp³-hybridized carbons (Fsp3) is 0.429. The molecule has 45 heavy (non-hydrogen) atoms. The Hall–Kier alpha value is -3.79. The van der Waals surface area contributed by atoms with Gasteiger partial charge < -0.3 is 20.4 Å². The molecule has 0 aliphatic carbocycles. The molecule has 0 saturated carbocycles. The molecule has 4 atom stereocenters. The number of nitrogens with one attached hydrogen (secondary N) is 2. The van der Waals surface area contributed by atoms with Crippen molar-refractivity contribution in [3.63, 3.8) is 0 Å². The van der Waals surface area contributed by atoms with Gasteiger partial charge >= 0.3 is 0 Å². The molecular formula is C35H42ClN5O4. The number of carbonyl (C=O) groups excluding carboxylic acids is 4. The molecule has 10 heteroatoms. The average molecular weight is 632 g/mol. The van der Waals surface area contributed by atoms with Crippen molar-refractivity contribution in [2.24, 2.45) is 5.41 Å². The summed E-state index contributed by atoms with van der Waals surface area (Å²) in [6.45, 7) is 7.78. The summed E-state index contributed by atoms with van der Waals surface area (Å²) in [6.07, 6.45) is 0.951. The highest BCUT2D eigenvalue weighted by atomic mass is 35.5. The number of hydrogen-bond donors (Lipinski definition) is 2. The summed E-state index contributed by atoms with van der Waals surface area (Å²) in [7, 11) is 1.67. The first-order chi connectivity index (χ1) is 21.4. The SMILES string of the molecule is CN[C@@H](C)C(=O)N[C@](C=O)(N1CC(=O)N2[C@@H](Cc3ccc4ccccc4c3)C(=O)N(CCc3ccccc3Cl)C[C@@H]21)C(C)(C)C. The van der Waals surface area contributed by atoms with E-state index < -0.39 is 29.3 Å². The van der Waals surface area contributed by atoms with Gasteiger partial charge in [0.05, 0.1) is 19.1 Å². The van der Waals surface area contributed by atoms with Gasteiger partial charge in [0.2, 0.25) is 17.7 Å². The van der Waals surface area contributed by atoms with E-state index >= 15 is 0 Å². The highest BCUT2D eigenvalue weighted by molar-refractivity contribution is 6.31. The third-order valence-corrected chi connectivity index (χ3v) is 9.72. The molecule has 2 heterocycles. The van der Waals surface area contributed by atoms with Crippen LogP contribution in [0.25, 0.3) is 10.8 Å². The number of carbonyl (C=O) groups is 4. The zero-order valence-electron chi connectivity index (χ0n) is 26.5. The van der Waals surface area contributed by atoms with Gasteiger partial charge in [-0.25, -0.2) is 4.90 Å². The molecule has 0 spiro atoms. The van der Waals surface area contributed by atoms with E-state index in [1.165, 1.54) is 0 Å². The Labute approximate surface area is 269 Å². The summed E-state index contributed by atoms with van der Waals surface area (Å²) in [5.41, 5.74) is -0.470. The maximum absolute atomic E-state index is 14.2. The summed E-state index contributed by atoms with van der Waals surface area (Å²) in [5, 5.41) is 8.69. The third-order valence-electron chi connectivity index (χ3n) is 9.35. The Morgan fingerprint density at radius 3 is 2.40 bits per heavy atom. The largest absolute Gasteiger partial charge is 0.337 e. The molecule has 3 amide bonds. The van der Waals surface area contributed by atoms with Gasteiger partial charge in [-0.2, -0.15) is 0 Å². The van der Waals surface area contributed by atoms with Gasteiger partial charge in [-0.05, 0) is 48.4 Å². The minimum absolute atomic E-state index is 0.116. The molecule has 2 saturated heterocycles. The number of benzene rings is 3. The van der Waals surface area contributed by atoms with Crippen LogP contribution in [0.1, 0.15) is 38.8 Å². The second kappa shape index (κ2) is 12.9. The van der Waals surface area contributed by atoms with Crippen LogP contribution in [0.2, 0.25) is 5.02 Å². The van der Waals surface area contributed by atoms with Crippen LogP contribution in [0.5, 0.6) is 0 Å². The number of nitrogens with zero attached hydrogens (tertiary/aromatic N) is 3. The first kappa shape index (κ1) is 32.6. The van der Waals surface area contributed by atoms with E-state index in [4.69, 9.17) is 11.6 Å². The van der Waals surface area contributed by atoms with Crippen LogP contribution in [-0.4, -0.2) is 89.3 Å². The Balaban J connectivity index is 1.54. The summed E-state index contributed by atoms with van der Waals surface area (Å²) in [4.78, 5) is 59.8. The maximum atomic E-state index is 14.2. The number of hydrogen-bond acceptors (Lipinski definition) is 6. The average Bonchev–Trinajstić information content (AvgIpc) is 3.35. The van der Waals surface area contributed by atoms with Crippen molar-refractivity contribution in [3.05, 3.63) is 82.9 Å². The molecule has 238 valence electrons. The van der Waals surface area contributed by atoms with Crippen molar-refractivity contribution < 1.29 is 19.2 Å². The van der Waals surface area contributed by atoms with Gasteiger partial charge in [0.15, 0.2) is 11.9 Å². The van der Waals surface area contributed by atoms with Crippen molar-refractivity contribution in [2.45, 2.75) is 64.4 Å². The molecule has 2 aliphatic rings. The van der Waals surface area contributed by atoms with Gasteiger partial charge in [-0.3, -0.25) is 19.2 Å². The Bertz CT molecular complexity index is 1610. The summed E-state index contributed by atoms with van der Waals surface area (Å²) < 4.78 is 0. The third kappa shape index (κ3) is 6.21. The lowest BCUT2D eigenvalue weighted by atomic mass is 9.79. The normalized spacial score (nSPS) is 21.0. The summed E-state index contributed by atoms with van der Waals surface area (Å²) in [6, 6.07) is 20.3. The van der Waals surface area contributed by atoms with E-state index in [-0.39, 0.29) is 30.8 Å². The van der Waals surface area contributed by atoms with E-state index in [1.54, 1.807) is 28.7 Å². The van der Waals surface area contributed by atoms with E-state index in [9.17, 15) is 19.2 Å². The van der Waals surface area contributed by atoms with E-state index in [1.807, 2.05) is 81.4 Å². The number of likely N-dealkylation sites (N-methyl/N-ethyl adjacent to an activating group) is 1. The zero-order chi connectivity index (χ0) is 32.5. The van der Waals surface area contributed by atoms with E-state index in [0.29, 0.717) is 24.4 Å². The molecule has 0 aromatic heterocycles. The molecule has 5 rings (SSSR count). The molecule has 0 unspecified atom stereocenters. The molecule has 2 aliphatic heterocycles. The minimum Gasteiger partial charge on any atom is -0.337 e. The molecule has 0 radical (unpaired) electrons. The number of piperazine rings is 1. The second-order valence-corrected chi connectivity index (χ2v) is 13.5. The van der Waals surface area contributed by atoms with Crippen molar-refractivity contribution in [2.75, 3.05) is 26.7 Å². The maximum Gasteiger partial charge on any atom is 0.245 e. The van der Waals surface area contributed by atoms with Crippen LogP contribution in [0.3, 0.4) is 0 Å². The van der Waals surface area contributed by atoms with Crippen molar-refractivity contribution >= 4 is 46.4 Å². The fourth-order valence-electron chi connectivity index (χ4n) is 6.52. The smallest absolute Gasteiger partial charge is 0.245 e. The molecule has 3 aromatic carbocycles. The standard InChI is InChI=1S/C35H42ClN5O4/c1-23(37-5)32(44)38-35(22-42,34(2,3)4)40-21-31(43)41-29(19-24-14-15-25-10-6-7-12-27(25)18-24)33(45)39(20-30(40)41)17-16-26-11-8-9-13-28(26)36/h6-15,18,22-23,29-30,37H,16-17,19-21H2,1-5H3,(H,38,44)/t23-,29-,30+,35+/m0/s1. The van der Waals surface area contributed by atoms with E-state index in [0.717, 1.165) is 28.2 Å². The van der Waals surface area contributed by atoms with Crippen LogP contribution in [0.4, 0.5) is 0 Å². The van der Waals surface area contributed by atoms with Crippen LogP contribution < -0.4 is 10.6 Å². The van der Waals surface area contributed by atoms with Crippen molar-refractivity contribution in [1.29, 1.82) is 0 Å². The van der Waals surface area contributed by atoms with Gasteiger partial charge in [0.1, 0.15) is 12.2 Å². The highest BCUT2D eigenvalue weighted by Crippen LogP contribution is 2.39. The first-order valence-electron chi connectivity index (χ1n) is 15.4. The fourth-order valence-corrected chi connectivity index (χ4v) is 6.75. The second-order valence-electron chi connectivity index (χ2n) is 13.1. The number of halogens is 1. The Morgan fingerprint density at radius 1 is 1.04 bits per heavy atom. The number of rotatable bonds is 10. The Kier molecular flexibility index (Phi) is 9.35. The molecule has 3 aromatic rings. The minimum atomic E-state index is -1.52. The van der Waals surface area contributed by atoms with Crippen LogP contribution in [0, 0.1) is 5.41 Å². The van der Waals surface area contributed by atoms with Gasteiger partial charge in [0.25, 0.3) is 0 Å². The van der Waals surface area contributed by atoms with Crippen LogP contribution in [-0.2, 0) is 32.0 Å². The van der Waals surface area contributed by atoms with Crippen molar-refractivity contribution in [1.82, 2.24) is 25.3 Å². The molecule has 2 fully saturated rings. The van der Waals surface area contributed by atoms with Crippen LogP contribution in [0.15, 0.2) is 66.7 Å².